The third kappa shape index (κ3) is 6.51. The number of rotatable bonds is 10. The number of pyridine rings is 4. The highest BCUT2D eigenvalue weighted by atomic mass is 19.1. The zero-order valence-corrected chi connectivity index (χ0v) is 31.0. The van der Waals surface area contributed by atoms with Gasteiger partial charge in [0.25, 0.3) is 0 Å². The first-order chi connectivity index (χ1) is 27.0. The lowest BCUT2D eigenvalue weighted by atomic mass is 9.79. The van der Waals surface area contributed by atoms with E-state index in [-0.39, 0.29) is 35.7 Å². The highest BCUT2D eigenvalue weighted by Crippen LogP contribution is 2.41. The van der Waals surface area contributed by atoms with Crippen molar-refractivity contribution >= 4 is 33.7 Å². The predicted octanol–water partition coefficient (Wildman–Crippen LogP) is 3.87. The van der Waals surface area contributed by atoms with Crippen LogP contribution in [0.3, 0.4) is 0 Å². The summed E-state index contributed by atoms with van der Waals surface area (Å²) in [6.07, 6.45) is 5.54. The molecule has 0 aromatic carbocycles. The van der Waals surface area contributed by atoms with Gasteiger partial charge in [-0.05, 0) is 74.4 Å². The quantitative estimate of drug-likeness (QED) is 0.119. The Morgan fingerprint density at radius 1 is 0.839 bits per heavy atom. The molecule has 6 aromatic heterocycles. The van der Waals surface area contributed by atoms with Gasteiger partial charge in [-0.15, -0.1) is 0 Å². The van der Waals surface area contributed by atoms with E-state index in [4.69, 9.17) is 4.98 Å². The smallest absolute Gasteiger partial charge is 0.181 e. The van der Waals surface area contributed by atoms with Crippen molar-refractivity contribution < 1.29 is 23.4 Å². The Morgan fingerprint density at radius 2 is 1.43 bits per heavy atom. The average Bonchev–Trinajstić information content (AvgIpc) is 3.60. The summed E-state index contributed by atoms with van der Waals surface area (Å²) in [6.45, 7) is 6.45. The van der Waals surface area contributed by atoms with E-state index >= 15 is 13.2 Å². The molecule has 292 valence electrons. The van der Waals surface area contributed by atoms with Crippen molar-refractivity contribution in [1.29, 1.82) is 0 Å². The van der Waals surface area contributed by atoms with Crippen LogP contribution >= 0.6 is 0 Å². The van der Waals surface area contributed by atoms with Gasteiger partial charge in [-0.25, -0.2) is 33.1 Å². The molecule has 3 aliphatic rings. The maximum atomic E-state index is 16.1. The predicted molar refractivity (Wildman–Crippen MR) is 204 cm³/mol. The molecular formula is C39H43F3N12O2. The zero-order chi connectivity index (χ0) is 38.8. The van der Waals surface area contributed by atoms with Gasteiger partial charge in [-0.2, -0.15) is 10.2 Å². The summed E-state index contributed by atoms with van der Waals surface area (Å²) in [6, 6.07) is 8.72. The molecule has 0 bridgehead atoms. The van der Waals surface area contributed by atoms with Crippen LogP contribution in [0.1, 0.15) is 38.7 Å². The number of piperazine rings is 2. The van der Waals surface area contributed by atoms with Gasteiger partial charge >= 0.3 is 0 Å². The number of nitrogens with zero attached hydrogens (tertiary/aromatic N) is 8. The highest BCUT2D eigenvalue weighted by Gasteiger charge is 2.49. The Bertz CT molecular complexity index is 2420. The molecule has 56 heavy (non-hydrogen) atoms. The molecule has 2 aliphatic heterocycles. The lowest BCUT2D eigenvalue weighted by molar-refractivity contribution is -0.0321. The molecule has 4 atom stereocenters. The van der Waals surface area contributed by atoms with Crippen molar-refractivity contribution in [3.63, 3.8) is 0 Å². The number of aliphatic hydroxyl groups is 2. The number of anilines is 2. The molecule has 3 unspecified atom stereocenters. The molecule has 1 saturated carbocycles. The molecule has 1 aliphatic carbocycles. The fourth-order valence-corrected chi connectivity index (χ4v) is 8.19. The fraction of sp³-hybridized carbons (Fsp3) is 0.436. The minimum atomic E-state index is -1.30. The second-order valence-corrected chi connectivity index (χ2v) is 15.5. The second-order valence-electron chi connectivity index (χ2n) is 15.5. The number of aryl methyl sites for hydroxylation is 1. The second kappa shape index (κ2) is 14.1. The molecule has 14 nitrogen and oxygen atoms in total. The van der Waals surface area contributed by atoms with E-state index in [9.17, 15) is 10.2 Å². The molecule has 6 aromatic rings. The molecule has 3 fully saturated rings. The van der Waals surface area contributed by atoms with Crippen LogP contribution in [-0.4, -0.2) is 113 Å². The van der Waals surface area contributed by atoms with Crippen molar-refractivity contribution in [2.24, 2.45) is 5.92 Å². The molecule has 0 spiro atoms. The molecule has 2 saturated heterocycles. The van der Waals surface area contributed by atoms with E-state index in [0.29, 0.717) is 90.4 Å². The van der Waals surface area contributed by atoms with Gasteiger partial charge in [0.1, 0.15) is 17.2 Å². The van der Waals surface area contributed by atoms with Crippen LogP contribution in [0.25, 0.3) is 44.8 Å². The third-order valence-corrected chi connectivity index (χ3v) is 12.0. The van der Waals surface area contributed by atoms with Crippen molar-refractivity contribution in [2.45, 2.75) is 62.8 Å². The molecule has 9 rings (SSSR count). The van der Waals surface area contributed by atoms with Crippen LogP contribution in [0.2, 0.25) is 0 Å². The molecule has 6 N–H and O–H groups in total. The number of halogens is 3. The fourth-order valence-electron chi connectivity index (χ4n) is 8.19. The highest BCUT2D eigenvalue weighted by molar-refractivity contribution is 5.90. The topological polar surface area (TPSA) is 180 Å². The molecule has 17 heteroatoms. The van der Waals surface area contributed by atoms with Crippen LogP contribution < -0.4 is 20.4 Å². The Hall–Kier alpha value is -5.23. The van der Waals surface area contributed by atoms with Gasteiger partial charge in [0, 0.05) is 68.5 Å². The minimum Gasteiger partial charge on any atom is -0.388 e. The monoisotopic (exact) mass is 768 g/mol. The van der Waals surface area contributed by atoms with Crippen LogP contribution in [0, 0.1) is 23.4 Å². The Kier molecular flexibility index (Phi) is 9.14. The lowest BCUT2D eigenvalue weighted by Crippen LogP contribution is -2.62. The van der Waals surface area contributed by atoms with Crippen molar-refractivity contribution in [3.8, 4) is 22.8 Å². The summed E-state index contributed by atoms with van der Waals surface area (Å²) in [5.74, 6) is -1.88. The van der Waals surface area contributed by atoms with Crippen LogP contribution in [0.5, 0.6) is 0 Å². The zero-order valence-electron chi connectivity index (χ0n) is 31.0. The summed E-state index contributed by atoms with van der Waals surface area (Å²) in [4.78, 5) is 21.7. The van der Waals surface area contributed by atoms with Crippen LogP contribution in [-0.2, 0) is 6.42 Å². The number of aromatic nitrogens is 8. The van der Waals surface area contributed by atoms with Crippen molar-refractivity contribution in [2.75, 3.05) is 49.1 Å². The van der Waals surface area contributed by atoms with Crippen molar-refractivity contribution in [3.05, 3.63) is 71.8 Å². The number of hydrogen-bond donors (Lipinski definition) is 6. The van der Waals surface area contributed by atoms with E-state index in [2.05, 4.69) is 50.9 Å². The Balaban J connectivity index is 0.965. The van der Waals surface area contributed by atoms with Gasteiger partial charge < -0.3 is 30.6 Å². The van der Waals surface area contributed by atoms with Crippen LogP contribution in [0.15, 0.2) is 48.8 Å². The normalized spacial score (nSPS) is 21.4. The van der Waals surface area contributed by atoms with E-state index in [1.54, 1.807) is 42.4 Å². The molecule has 0 amide bonds. The number of fused-ring (bicyclic) bond motifs is 2. The van der Waals surface area contributed by atoms with Gasteiger partial charge in [-0.1, -0.05) is 6.92 Å². The number of nitrogens with one attached hydrogen (secondary N) is 4. The Morgan fingerprint density at radius 3 is 2.07 bits per heavy atom. The van der Waals surface area contributed by atoms with E-state index in [1.165, 1.54) is 6.07 Å². The van der Waals surface area contributed by atoms with Gasteiger partial charge in [0.2, 0.25) is 0 Å². The first kappa shape index (κ1) is 36.4. The van der Waals surface area contributed by atoms with Crippen molar-refractivity contribution in [1.82, 2.24) is 51.0 Å². The van der Waals surface area contributed by atoms with E-state index in [0.717, 1.165) is 18.9 Å². The summed E-state index contributed by atoms with van der Waals surface area (Å²) in [5.41, 5.74) is 0.261. The maximum Gasteiger partial charge on any atom is 0.181 e. The largest absolute Gasteiger partial charge is 0.388 e. The summed E-state index contributed by atoms with van der Waals surface area (Å²) in [7, 11) is 0. The minimum absolute atomic E-state index is 0.0275. The molecule has 8 heterocycles. The standard InChI is InChI=1S/C39H43F3N12O2/c1-21(38(2,55)28-19-54(16-13-43-28)37-27(42)18-26(41)33(48-37)31-24-6-4-12-46-35(24)52-50-31)7-8-22-17-25(40)32(30-23-5-3-11-45-34(23)51-49-30)47-36(22)53-15-14-44-29(20-53)39(56)9-10-39/h3-6,11-12,17-18,21,28-29,43-44,55-56H,7-10,13-16,19-20H2,1-2H3,(H,45,49,51)(H,46,50,52)/t21?,28?,29-,38?/m0/s1. The van der Waals surface area contributed by atoms with Gasteiger partial charge in [0.05, 0.1) is 34.7 Å². The maximum absolute atomic E-state index is 16.1. The first-order valence-corrected chi connectivity index (χ1v) is 19.1. The van der Waals surface area contributed by atoms with E-state index in [1.807, 2.05) is 13.0 Å². The van der Waals surface area contributed by atoms with Gasteiger partial charge in [-0.3, -0.25) is 10.2 Å². The van der Waals surface area contributed by atoms with Gasteiger partial charge in [0.15, 0.2) is 34.6 Å². The average molecular weight is 769 g/mol. The number of H-pyrrole nitrogens is 2. The van der Waals surface area contributed by atoms with E-state index < -0.39 is 34.7 Å². The summed E-state index contributed by atoms with van der Waals surface area (Å²) >= 11 is 0. The number of hydrogen-bond acceptors (Lipinski definition) is 12. The lowest BCUT2D eigenvalue weighted by Gasteiger charge is -2.44. The molecule has 0 radical (unpaired) electrons. The summed E-state index contributed by atoms with van der Waals surface area (Å²) < 4.78 is 46.8. The SMILES string of the molecule is CC(CCc1cc(F)c(-c2[nH]nc3ncccc23)nc1N1CCN[C@H](C2(O)CC2)C1)C(C)(O)C1CN(c2nc(-c3[nH]nc4ncccc34)c(F)cc2F)CCN1. The number of aromatic amines is 2. The Labute approximate surface area is 320 Å². The summed E-state index contributed by atoms with van der Waals surface area (Å²) in [5, 5.41) is 45.3. The van der Waals surface area contributed by atoms with Crippen LogP contribution in [0.4, 0.5) is 24.8 Å². The first-order valence-electron chi connectivity index (χ1n) is 19.1. The third-order valence-electron chi connectivity index (χ3n) is 12.0. The molecular weight excluding hydrogens is 726 g/mol.